The number of aliphatic carboxylic acids is 1. The zero-order valence-corrected chi connectivity index (χ0v) is 12.8. The largest absolute Gasteiger partial charge is 0.496 e. The normalized spacial score (nSPS) is 12.2. The maximum Gasteiger partial charge on any atom is 0.325 e. The van der Waals surface area contributed by atoms with Gasteiger partial charge >= 0.3 is 5.97 Å². The van der Waals surface area contributed by atoms with E-state index in [9.17, 15) is 9.90 Å². The minimum absolute atomic E-state index is 0.352. The van der Waals surface area contributed by atoms with E-state index in [1.807, 2.05) is 0 Å². The van der Waals surface area contributed by atoms with Crippen LogP contribution in [0.2, 0.25) is 0 Å². The van der Waals surface area contributed by atoms with Gasteiger partial charge in [0.1, 0.15) is 23.3 Å². The molecule has 6 heteroatoms. The molecule has 0 amide bonds. The molecule has 22 heavy (non-hydrogen) atoms. The lowest BCUT2D eigenvalue weighted by Crippen LogP contribution is -2.31. The predicted octanol–water partition coefficient (Wildman–Crippen LogP) is 2.55. The van der Waals surface area contributed by atoms with Gasteiger partial charge in [-0.1, -0.05) is 6.07 Å². The van der Waals surface area contributed by atoms with E-state index in [2.05, 4.69) is 0 Å². The molecule has 1 unspecified atom stereocenters. The molecule has 0 saturated carbocycles. The lowest BCUT2D eigenvalue weighted by atomic mass is 10.0. The van der Waals surface area contributed by atoms with Gasteiger partial charge in [-0.3, -0.25) is 9.69 Å². The van der Waals surface area contributed by atoms with Crippen molar-refractivity contribution in [1.29, 1.82) is 0 Å². The maximum absolute atomic E-state index is 11.8. The fourth-order valence-electron chi connectivity index (χ4n) is 2.42. The summed E-state index contributed by atoms with van der Waals surface area (Å²) in [4.78, 5) is 13.5. The molecule has 0 aliphatic rings. The Morgan fingerprint density at radius 3 is 2.32 bits per heavy atom. The second kappa shape index (κ2) is 7.00. The summed E-state index contributed by atoms with van der Waals surface area (Å²) in [6, 6.07) is 7.84. The van der Waals surface area contributed by atoms with Crippen LogP contribution in [0.1, 0.15) is 17.4 Å². The third-order valence-electron chi connectivity index (χ3n) is 3.40. The van der Waals surface area contributed by atoms with Crippen molar-refractivity contribution in [2.45, 2.75) is 12.6 Å². The van der Waals surface area contributed by atoms with Crippen LogP contribution in [-0.4, -0.2) is 37.2 Å². The Balaban J connectivity index is 2.41. The molecule has 0 saturated heterocycles. The molecular weight excluding hydrogens is 286 g/mol. The fraction of sp³-hybridized carbons (Fsp3) is 0.312. The van der Waals surface area contributed by atoms with E-state index in [1.165, 1.54) is 14.2 Å². The third kappa shape index (κ3) is 3.23. The van der Waals surface area contributed by atoms with Gasteiger partial charge in [-0.2, -0.15) is 0 Å². The van der Waals surface area contributed by atoms with E-state index in [4.69, 9.17) is 13.9 Å². The fourth-order valence-corrected chi connectivity index (χ4v) is 2.42. The van der Waals surface area contributed by atoms with Gasteiger partial charge in [-0.15, -0.1) is 0 Å². The summed E-state index contributed by atoms with van der Waals surface area (Å²) in [5.74, 6) is 0.635. The van der Waals surface area contributed by atoms with Crippen LogP contribution < -0.4 is 9.47 Å². The number of carboxylic acid groups (broad SMARTS) is 1. The number of likely N-dealkylation sites (N-methyl/N-ethyl adjacent to an activating group) is 1. The molecule has 6 nitrogen and oxygen atoms in total. The van der Waals surface area contributed by atoms with Gasteiger partial charge in [-0.25, -0.2) is 0 Å². The molecule has 118 valence electrons. The number of nitrogens with zero attached hydrogens (tertiary/aromatic N) is 1. The number of hydrogen-bond donors (Lipinski definition) is 1. The molecule has 0 aliphatic carbocycles. The van der Waals surface area contributed by atoms with Crippen molar-refractivity contribution in [1.82, 2.24) is 4.90 Å². The van der Waals surface area contributed by atoms with Crippen molar-refractivity contribution in [2.75, 3.05) is 21.3 Å². The van der Waals surface area contributed by atoms with Crippen molar-refractivity contribution in [3.63, 3.8) is 0 Å². The highest BCUT2D eigenvalue weighted by molar-refractivity contribution is 5.78. The average molecular weight is 305 g/mol. The van der Waals surface area contributed by atoms with Crippen LogP contribution in [0.3, 0.4) is 0 Å². The summed E-state index contributed by atoms with van der Waals surface area (Å²) in [7, 11) is 4.72. The number of hydrogen-bond acceptors (Lipinski definition) is 5. The first-order chi connectivity index (χ1) is 10.6. The number of carboxylic acids is 1. The summed E-state index contributed by atoms with van der Waals surface area (Å²) in [5.41, 5.74) is 0.481. The molecular formula is C16H19NO5. The Bertz CT molecular complexity index is 601. The molecule has 1 aromatic heterocycles. The Kier molecular flexibility index (Phi) is 5.06. The number of ether oxygens (including phenoxy) is 2. The number of methoxy groups -OCH3 is 2. The molecule has 2 rings (SSSR count). The van der Waals surface area contributed by atoms with Crippen LogP contribution in [-0.2, 0) is 11.3 Å². The molecule has 0 radical (unpaired) electrons. The predicted molar refractivity (Wildman–Crippen MR) is 80.1 cm³/mol. The Morgan fingerprint density at radius 2 is 1.86 bits per heavy atom. The van der Waals surface area contributed by atoms with Crippen LogP contribution >= 0.6 is 0 Å². The maximum atomic E-state index is 11.8. The SMILES string of the molecule is COc1cccc(OC)c1C(C(=O)O)N(C)Cc1ccco1. The highest BCUT2D eigenvalue weighted by atomic mass is 16.5. The zero-order valence-electron chi connectivity index (χ0n) is 12.8. The molecule has 1 aromatic carbocycles. The molecule has 0 spiro atoms. The second-order valence-electron chi connectivity index (χ2n) is 4.81. The highest BCUT2D eigenvalue weighted by Gasteiger charge is 2.31. The smallest absolute Gasteiger partial charge is 0.325 e. The Hall–Kier alpha value is -2.47. The summed E-state index contributed by atoms with van der Waals surface area (Å²) in [6.45, 7) is 0.352. The van der Waals surface area contributed by atoms with Gasteiger partial charge in [0, 0.05) is 0 Å². The van der Waals surface area contributed by atoms with Gasteiger partial charge in [-0.05, 0) is 31.3 Å². The molecule has 0 fully saturated rings. The molecule has 0 aliphatic heterocycles. The van der Waals surface area contributed by atoms with Gasteiger partial charge in [0.2, 0.25) is 0 Å². The average Bonchev–Trinajstić information content (AvgIpc) is 3.00. The lowest BCUT2D eigenvalue weighted by molar-refractivity contribution is -0.143. The van der Waals surface area contributed by atoms with Crippen LogP contribution in [0.25, 0.3) is 0 Å². The molecule has 1 atom stereocenters. The van der Waals surface area contributed by atoms with Crippen LogP contribution in [0, 0.1) is 0 Å². The van der Waals surface area contributed by atoms with E-state index in [0.29, 0.717) is 29.4 Å². The van der Waals surface area contributed by atoms with E-state index in [1.54, 1.807) is 48.5 Å². The monoisotopic (exact) mass is 305 g/mol. The number of benzene rings is 1. The standard InChI is InChI=1S/C16H19NO5/c1-17(10-11-6-5-9-22-11)15(16(18)19)14-12(20-2)7-4-8-13(14)21-3/h4-9,15H,10H2,1-3H3,(H,18,19). The van der Waals surface area contributed by atoms with E-state index in [-0.39, 0.29) is 0 Å². The van der Waals surface area contributed by atoms with Crippen molar-refractivity contribution >= 4 is 5.97 Å². The van der Waals surface area contributed by atoms with Crippen molar-refractivity contribution in [2.24, 2.45) is 0 Å². The van der Waals surface area contributed by atoms with E-state index < -0.39 is 12.0 Å². The molecule has 2 aromatic rings. The summed E-state index contributed by atoms with van der Waals surface area (Å²) < 4.78 is 15.9. The molecule has 1 heterocycles. The first-order valence-electron chi connectivity index (χ1n) is 6.74. The lowest BCUT2D eigenvalue weighted by Gasteiger charge is -2.26. The summed E-state index contributed by atoms with van der Waals surface area (Å²) in [5, 5.41) is 9.68. The Labute approximate surface area is 128 Å². The van der Waals surface area contributed by atoms with Gasteiger partial charge in [0.25, 0.3) is 0 Å². The Morgan fingerprint density at radius 1 is 1.23 bits per heavy atom. The van der Waals surface area contributed by atoms with E-state index >= 15 is 0 Å². The number of furan rings is 1. The summed E-state index contributed by atoms with van der Waals surface area (Å²) in [6.07, 6.45) is 1.56. The van der Waals surface area contributed by atoms with Crippen LogP contribution in [0.4, 0.5) is 0 Å². The van der Waals surface area contributed by atoms with Crippen molar-refractivity contribution < 1.29 is 23.8 Å². The quantitative estimate of drug-likeness (QED) is 0.847. The number of rotatable bonds is 7. The first-order valence-corrected chi connectivity index (χ1v) is 6.74. The highest BCUT2D eigenvalue weighted by Crippen LogP contribution is 2.37. The van der Waals surface area contributed by atoms with Gasteiger partial charge in [0.05, 0.1) is 32.6 Å². The van der Waals surface area contributed by atoms with Crippen LogP contribution in [0.5, 0.6) is 11.5 Å². The van der Waals surface area contributed by atoms with Gasteiger partial charge < -0.3 is 19.0 Å². The second-order valence-corrected chi connectivity index (χ2v) is 4.81. The molecule has 0 bridgehead atoms. The summed E-state index contributed by atoms with van der Waals surface area (Å²) >= 11 is 0. The van der Waals surface area contributed by atoms with E-state index in [0.717, 1.165) is 0 Å². The third-order valence-corrected chi connectivity index (χ3v) is 3.40. The minimum Gasteiger partial charge on any atom is -0.496 e. The topological polar surface area (TPSA) is 72.1 Å². The van der Waals surface area contributed by atoms with Crippen molar-refractivity contribution in [3.8, 4) is 11.5 Å². The van der Waals surface area contributed by atoms with Crippen LogP contribution in [0.15, 0.2) is 41.0 Å². The first kappa shape index (κ1) is 15.9. The van der Waals surface area contributed by atoms with Crippen molar-refractivity contribution in [3.05, 3.63) is 47.9 Å². The minimum atomic E-state index is -0.989. The molecule has 1 N–H and O–H groups in total. The van der Waals surface area contributed by atoms with Gasteiger partial charge in [0.15, 0.2) is 0 Å². The number of carbonyl (C=O) groups is 1. The zero-order chi connectivity index (χ0) is 16.1.